The summed E-state index contributed by atoms with van der Waals surface area (Å²) in [6.07, 6.45) is 2.68. The van der Waals surface area contributed by atoms with Crippen molar-refractivity contribution in [3.63, 3.8) is 0 Å². The van der Waals surface area contributed by atoms with E-state index in [-0.39, 0.29) is 5.97 Å². The van der Waals surface area contributed by atoms with E-state index < -0.39 is 5.60 Å². The molecule has 0 aliphatic rings. The quantitative estimate of drug-likeness (QED) is 0.761. The van der Waals surface area contributed by atoms with Gasteiger partial charge in [0, 0.05) is 6.20 Å². The number of aryl methyl sites for hydroxylation is 1. The number of ether oxygens (including phenoxy) is 1. The third-order valence-electron chi connectivity index (χ3n) is 2.17. The highest BCUT2D eigenvalue weighted by molar-refractivity contribution is 5.89. The molecule has 3 heteroatoms. The predicted molar refractivity (Wildman–Crippen MR) is 60.1 cm³/mol. The van der Waals surface area contributed by atoms with Crippen LogP contribution in [0.4, 0.5) is 0 Å². The van der Waals surface area contributed by atoms with Gasteiger partial charge in [0.2, 0.25) is 0 Å². The first kappa shape index (κ1) is 11.8. The summed E-state index contributed by atoms with van der Waals surface area (Å²) in [5.74, 6) is -0.271. The highest BCUT2D eigenvalue weighted by Crippen LogP contribution is 2.17. The van der Waals surface area contributed by atoms with Crippen molar-refractivity contribution in [2.45, 2.75) is 46.6 Å². The maximum absolute atomic E-state index is 11.8. The molecule has 0 atom stereocenters. The molecular weight excluding hydrogens is 190 g/mol. The van der Waals surface area contributed by atoms with Gasteiger partial charge >= 0.3 is 5.97 Å². The van der Waals surface area contributed by atoms with Crippen LogP contribution >= 0.6 is 0 Å². The first-order chi connectivity index (χ1) is 6.85. The molecule has 1 aromatic heterocycles. The summed E-state index contributed by atoms with van der Waals surface area (Å²) >= 11 is 0. The third kappa shape index (κ3) is 2.85. The molecule has 0 aromatic carbocycles. The molecule has 0 unspecified atom stereocenters. The summed E-state index contributed by atoms with van der Waals surface area (Å²) in [6, 6.07) is 0. The van der Waals surface area contributed by atoms with Crippen LogP contribution in [0.5, 0.6) is 0 Å². The monoisotopic (exact) mass is 209 g/mol. The Morgan fingerprint density at radius 1 is 1.47 bits per heavy atom. The van der Waals surface area contributed by atoms with E-state index in [1.54, 1.807) is 0 Å². The van der Waals surface area contributed by atoms with Crippen LogP contribution in [-0.4, -0.2) is 16.6 Å². The third-order valence-corrected chi connectivity index (χ3v) is 2.17. The minimum atomic E-state index is -0.443. The lowest BCUT2D eigenvalue weighted by molar-refractivity contribution is 0.00624. The number of esters is 1. The van der Waals surface area contributed by atoms with Crippen molar-refractivity contribution in [3.05, 3.63) is 23.0 Å². The van der Waals surface area contributed by atoms with Gasteiger partial charge in [-0.1, -0.05) is 6.92 Å². The topological polar surface area (TPSA) is 42.1 Å². The molecular formula is C12H19NO2. The zero-order valence-corrected chi connectivity index (χ0v) is 10.1. The van der Waals surface area contributed by atoms with Crippen molar-refractivity contribution in [1.82, 2.24) is 4.98 Å². The Bertz CT molecular complexity index is 358. The number of hydrogen-bond donors (Lipinski definition) is 1. The second-order valence-electron chi connectivity index (χ2n) is 4.68. The number of nitrogens with one attached hydrogen (secondary N) is 1. The minimum Gasteiger partial charge on any atom is -0.455 e. The summed E-state index contributed by atoms with van der Waals surface area (Å²) < 4.78 is 5.31. The Labute approximate surface area is 90.8 Å². The van der Waals surface area contributed by atoms with E-state index in [4.69, 9.17) is 4.74 Å². The molecule has 3 nitrogen and oxygen atoms in total. The first-order valence-electron chi connectivity index (χ1n) is 5.25. The molecule has 0 fully saturated rings. The first-order valence-corrected chi connectivity index (χ1v) is 5.25. The zero-order chi connectivity index (χ0) is 11.6. The van der Waals surface area contributed by atoms with Gasteiger partial charge in [0.05, 0.1) is 0 Å². The highest BCUT2D eigenvalue weighted by atomic mass is 16.6. The van der Waals surface area contributed by atoms with Crippen LogP contribution in [0.2, 0.25) is 0 Å². The molecule has 1 heterocycles. The molecule has 84 valence electrons. The average Bonchev–Trinajstić information content (AvgIpc) is 2.43. The summed E-state index contributed by atoms with van der Waals surface area (Å²) in [5, 5.41) is 0. The van der Waals surface area contributed by atoms with Crippen LogP contribution in [0, 0.1) is 6.92 Å². The van der Waals surface area contributed by atoms with Crippen LogP contribution in [0.25, 0.3) is 0 Å². The lowest BCUT2D eigenvalue weighted by Crippen LogP contribution is -2.24. The van der Waals surface area contributed by atoms with Crippen LogP contribution in [0.3, 0.4) is 0 Å². The Hall–Kier alpha value is -1.25. The molecule has 0 aliphatic heterocycles. The fourth-order valence-electron chi connectivity index (χ4n) is 1.52. The lowest BCUT2D eigenvalue weighted by Gasteiger charge is -2.19. The van der Waals surface area contributed by atoms with Crippen molar-refractivity contribution >= 4 is 5.97 Å². The molecule has 0 bridgehead atoms. The molecule has 0 saturated heterocycles. The van der Waals surface area contributed by atoms with E-state index in [2.05, 4.69) is 4.98 Å². The van der Waals surface area contributed by atoms with E-state index in [0.717, 1.165) is 17.5 Å². The van der Waals surface area contributed by atoms with Crippen molar-refractivity contribution in [2.24, 2.45) is 0 Å². The van der Waals surface area contributed by atoms with Gasteiger partial charge in [-0.3, -0.25) is 0 Å². The smallest absolute Gasteiger partial charge is 0.355 e. The number of H-pyrrole nitrogens is 1. The normalized spacial score (nSPS) is 11.5. The number of hydrogen-bond acceptors (Lipinski definition) is 2. The van der Waals surface area contributed by atoms with Gasteiger partial charge < -0.3 is 9.72 Å². The van der Waals surface area contributed by atoms with E-state index >= 15 is 0 Å². The second-order valence-corrected chi connectivity index (χ2v) is 4.68. The Morgan fingerprint density at radius 2 is 2.07 bits per heavy atom. The van der Waals surface area contributed by atoms with Gasteiger partial charge in [-0.05, 0) is 45.2 Å². The maximum Gasteiger partial charge on any atom is 0.355 e. The van der Waals surface area contributed by atoms with Gasteiger partial charge in [0.25, 0.3) is 0 Å². The van der Waals surface area contributed by atoms with E-state index in [0.29, 0.717) is 5.69 Å². The Kier molecular flexibility index (Phi) is 3.22. The fraction of sp³-hybridized carbons (Fsp3) is 0.583. The second kappa shape index (κ2) is 4.09. The molecule has 1 rings (SSSR count). The standard InChI is InChI=1S/C12H19NO2/c1-6-9-8(2)7-13-10(9)11(14)15-12(3,4)5/h7,13H,6H2,1-5H3. The largest absolute Gasteiger partial charge is 0.455 e. The van der Waals surface area contributed by atoms with E-state index in [1.807, 2.05) is 40.8 Å². The van der Waals surface area contributed by atoms with Crippen molar-refractivity contribution in [3.8, 4) is 0 Å². The number of carbonyl (C=O) groups is 1. The highest BCUT2D eigenvalue weighted by Gasteiger charge is 2.21. The summed E-state index contributed by atoms with van der Waals surface area (Å²) in [5.41, 5.74) is 2.30. The molecule has 15 heavy (non-hydrogen) atoms. The van der Waals surface area contributed by atoms with E-state index in [1.165, 1.54) is 0 Å². The maximum atomic E-state index is 11.8. The number of rotatable bonds is 2. The van der Waals surface area contributed by atoms with Gasteiger partial charge in [0.1, 0.15) is 11.3 Å². The van der Waals surface area contributed by atoms with Crippen LogP contribution < -0.4 is 0 Å². The summed E-state index contributed by atoms with van der Waals surface area (Å²) in [7, 11) is 0. The Balaban J connectivity index is 2.92. The van der Waals surface area contributed by atoms with Crippen molar-refractivity contribution in [2.75, 3.05) is 0 Å². The molecule has 0 saturated carbocycles. The van der Waals surface area contributed by atoms with Gasteiger partial charge in [-0.15, -0.1) is 0 Å². The molecule has 0 radical (unpaired) electrons. The number of aromatic amines is 1. The van der Waals surface area contributed by atoms with E-state index in [9.17, 15) is 4.79 Å². The molecule has 0 amide bonds. The lowest BCUT2D eigenvalue weighted by atomic mass is 10.1. The van der Waals surface area contributed by atoms with Gasteiger partial charge in [-0.2, -0.15) is 0 Å². The van der Waals surface area contributed by atoms with Crippen molar-refractivity contribution in [1.29, 1.82) is 0 Å². The van der Waals surface area contributed by atoms with Gasteiger partial charge in [0.15, 0.2) is 0 Å². The molecule has 0 spiro atoms. The van der Waals surface area contributed by atoms with Crippen molar-refractivity contribution < 1.29 is 9.53 Å². The fourth-order valence-corrected chi connectivity index (χ4v) is 1.52. The molecule has 0 aliphatic carbocycles. The zero-order valence-electron chi connectivity index (χ0n) is 10.1. The Morgan fingerprint density at radius 3 is 2.53 bits per heavy atom. The molecule has 1 N–H and O–H groups in total. The van der Waals surface area contributed by atoms with Crippen LogP contribution in [-0.2, 0) is 11.2 Å². The van der Waals surface area contributed by atoms with Crippen LogP contribution in [0.15, 0.2) is 6.20 Å². The van der Waals surface area contributed by atoms with Crippen LogP contribution in [0.1, 0.15) is 49.3 Å². The number of carbonyl (C=O) groups excluding carboxylic acids is 1. The SMILES string of the molecule is CCc1c(C)c[nH]c1C(=O)OC(C)(C)C. The predicted octanol–water partition coefficient (Wildman–Crippen LogP) is 2.84. The number of aromatic nitrogens is 1. The minimum absolute atomic E-state index is 0.271. The summed E-state index contributed by atoms with van der Waals surface area (Å²) in [6.45, 7) is 9.62. The molecule has 1 aromatic rings. The van der Waals surface area contributed by atoms with Gasteiger partial charge in [-0.25, -0.2) is 4.79 Å². The summed E-state index contributed by atoms with van der Waals surface area (Å²) in [4.78, 5) is 14.8. The average molecular weight is 209 g/mol.